The van der Waals surface area contributed by atoms with Gasteiger partial charge in [0.25, 0.3) is 6.01 Å². The van der Waals surface area contributed by atoms with Gasteiger partial charge >= 0.3 is 0 Å². The summed E-state index contributed by atoms with van der Waals surface area (Å²) in [6.07, 6.45) is 0. The maximum absolute atomic E-state index is 13.3. The third kappa shape index (κ3) is 2.30. The zero-order valence-electron chi connectivity index (χ0n) is 9.25. The van der Waals surface area contributed by atoms with Gasteiger partial charge in [0.05, 0.1) is 0 Å². The number of nitrogens with two attached hydrogens (primary N) is 1. The van der Waals surface area contributed by atoms with E-state index < -0.39 is 0 Å². The third-order valence-electron chi connectivity index (χ3n) is 2.06. The second kappa shape index (κ2) is 3.75. The molecule has 1 heterocycles. The van der Waals surface area contributed by atoms with Crippen LogP contribution in [0.2, 0.25) is 0 Å². The summed E-state index contributed by atoms with van der Waals surface area (Å²) < 4.78 is 18.6. The van der Waals surface area contributed by atoms with Crippen LogP contribution in [-0.4, -0.2) is 17.1 Å². The summed E-state index contributed by atoms with van der Waals surface area (Å²) in [5.41, 5.74) is 6.09. The third-order valence-corrected chi connectivity index (χ3v) is 2.06. The molecule has 5 heteroatoms. The molecule has 0 atom stereocenters. The van der Waals surface area contributed by atoms with Crippen molar-refractivity contribution in [1.29, 1.82) is 0 Å². The van der Waals surface area contributed by atoms with Crippen molar-refractivity contribution >= 4 is 17.1 Å². The molecule has 0 spiro atoms. The van der Waals surface area contributed by atoms with Gasteiger partial charge in [-0.15, -0.1) is 0 Å². The van der Waals surface area contributed by atoms with Crippen LogP contribution in [0, 0.1) is 5.82 Å². The fourth-order valence-corrected chi connectivity index (χ4v) is 1.29. The topological polar surface area (TPSA) is 64.1 Å². The van der Waals surface area contributed by atoms with Gasteiger partial charge in [0.2, 0.25) is 0 Å². The highest BCUT2D eigenvalue weighted by molar-refractivity contribution is 5.74. The molecular weight excluding hydrogens is 209 g/mol. The van der Waals surface area contributed by atoms with Crippen molar-refractivity contribution in [3.05, 3.63) is 24.0 Å². The monoisotopic (exact) mass is 223 g/mol. The van der Waals surface area contributed by atoms with E-state index in [0.717, 1.165) is 0 Å². The Morgan fingerprint density at radius 1 is 1.50 bits per heavy atom. The van der Waals surface area contributed by atoms with Gasteiger partial charge in [0, 0.05) is 12.1 Å². The van der Waals surface area contributed by atoms with E-state index in [-0.39, 0.29) is 16.9 Å². The SMILES string of the molecule is CC(C)(N)CNc1nc2c(F)cccc2o1. The molecule has 0 radical (unpaired) electrons. The molecule has 0 aliphatic heterocycles. The summed E-state index contributed by atoms with van der Waals surface area (Å²) in [6.45, 7) is 4.26. The lowest BCUT2D eigenvalue weighted by Gasteiger charge is -2.17. The van der Waals surface area contributed by atoms with Crippen LogP contribution in [0.5, 0.6) is 0 Å². The minimum absolute atomic E-state index is 0.236. The number of halogens is 1. The second-order valence-corrected chi connectivity index (χ2v) is 4.45. The molecule has 2 rings (SSSR count). The van der Waals surface area contributed by atoms with Crippen molar-refractivity contribution in [3.8, 4) is 0 Å². The Morgan fingerprint density at radius 2 is 2.25 bits per heavy atom. The van der Waals surface area contributed by atoms with Crippen LogP contribution < -0.4 is 11.1 Å². The molecule has 2 aromatic rings. The van der Waals surface area contributed by atoms with E-state index in [0.29, 0.717) is 18.1 Å². The number of para-hydroxylation sites is 1. The van der Waals surface area contributed by atoms with Gasteiger partial charge in [-0.2, -0.15) is 4.98 Å². The maximum atomic E-state index is 13.3. The number of nitrogens with one attached hydrogen (secondary N) is 1. The highest BCUT2D eigenvalue weighted by Gasteiger charge is 2.13. The molecule has 0 bridgehead atoms. The molecule has 86 valence electrons. The van der Waals surface area contributed by atoms with E-state index in [1.165, 1.54) is 6.07 Å². The van der Waals surface area contributed by atoms with Gasteiger partial charge in [-0.25, -0.2) is 4.39 Å². The largest absolute Gasteiger partial charge is 0.423 e. The van der Waals surface area contributed by atoms with Gasteiger partial charge in [-0.05, 0) is 26.0 Å². The number of fused-ring (bicyclic) bond motifs is 1. The number of hydrogen-bond acceptors (Lipinski definition) is 4. The minimum atomic E-state index is -0.388. The lowest BCUT2D eigenvalue weighted by Crippen LogP contribution is -2.39. The molecule has 3 N–H and O–H groups in total. The Bertz CT molecular complexity index is 501. The number of benzene rings is 1. The number of hydrogen-bond donors (Lipinski definition) is 2. The predicted molar refractivity (Wildman–Crippen MR) is 60.7 cm³/mol. The van der Waals surface area contributed by atoms with E-state index in [4.69, 9.17) is 10.2 Å². The predicted octanol–water partition coefficient (Wildman–Crippen LogP) is 2.12. The van der Waals surface area contributed by atoms with Crippen LogP contribution in [-0.2, 0) is 0 Å². The first-order valence-electron chi connectivity index (χ1n) is 5.03. The number of oxazole rings is 1. The molecule has 0 aliphatic carbocycles. The number of aromatic nitrogens is 1. The van der Waals surface area contributed by atoms with E-state index in [1.807, 2.05) is 13.8 Å². The van der Waals surface area contributed by atoms with Crippen LogP contribution in [0.1, 0.15) is 13.8 Å². The van der Waals surface area contributed by atoms with E-state index in [1.54, 1.807) is 12.1 Å². The van der Waals surface area contributed by atoms with Gasteiger partial charge < -0.3 is 15.5 Å². The van der Waals surface area contributed by atoms with Gasteiger partial charge in [-0.3, -0.25) is 0 Å². The Labute approximate surface area is 92.6 Å². The molecule has 0 saturated carbocycles. The molecule has 4 nitrogen and oxygen atoms in total. The van der Waals surface area contributed by atoms with E-state index in [9.17, 15) is 4.39 Å². The summed E-state index contributed by atoms with van der Waals surface area (Å²) in [5, 5.41) is 2.93. The molecule has 0 fully saturated rings. The van der Waals surface area contributed by atoms with Crippen molar-refractivity contribution in [2.75, 3.05) is 11.9 Å². The normalized spacial score (nSPS) is 12.0. The second-order valence-electron chi connectivity index (χ2n) is 4.45. The molecule has 0 saturated heterocycles. The summed E-state index contributed by atoms with van der Waals surface area (Å²) in [7, 11) is 0. The first-order chi connectivity index (χ1) is 7.46. The standard InChI is InChI=1S/C11H14FN3O/c1-11(2,13)6-14-10-15-9-7(12)4-3-5-8(9)16-10/h3-5H,6,13H2,1-2H3,(H,14,15). The average Bonchev–Trinajstić information content (AvgIpc) is 2.58. The number of rotatable bonds is 3. The minimum Gasteiger partial charge on any atom is -0.423 e. The van der Waals surface area contributed by atoms with E-state index in [2.05, 4.69) is 10.3 Å². The number of anilines is 1. The Hall–Kier alpha value is -1.62. The molecule has 1 aromatic heterocycles. The first kappa shape index (κ1) is 10.9. The van der Waals surface area contributed by atoms with Gasteiger partial charge in [0.1, 0.15) is 5.52 Å². The zero-order chi connectivity index (χ0) is 11.8. The summed E-state index contributed by atoms with van der Waals surface area (Å²) in [5.74, 6) is -0.388. The highest BCUT2D eigenvalue weighted by Crippen LogP contribution is 2.21. The molecular formula is C11H14FN3O. The van der Waals surface area contributed by atoms with Crippen LogP contribution in [0.4, 0.5) is 10.4 Å². The van der Waals surface area contributed by atoms with Gasteiger partial charge in [0.15, 0.2) is 11.4 Å². The summed E-state index contributed by atoms with van der Waals surface area (Å²) >= 11 is 0. The van der Waals surface area contributed by atoms with Crippen LogP contribution in [0.15, 0.2) is 22.6 Å². The summed E-state index contributed by atoms with van der Waals surface area (Å²) in [4.78, 5) is 4.01. The lowest BCUT2D eigenvalue weighted by atomic mass is 10.1. The van der Waals surface area contributed by atoms with Crippen LogP contribution in [0.25, 0.3) is 11.1 Å². The van der Waals surface area contributed by atoms with Crippen molar-refractivity contribution in [2.24, 2.45) is 5.73 Å². The Morgan fingerprint density at radius 3 is 2.88 bits per heavy atom. The smallest absolute Gasteiger partial charge is 0.295 e. The summed E-state index contributed by atoms with van der Waals surface area (Å²) in [6, 6.07) is 4.89. The van der Waals surface area contributed by atoms with Crippen LogP contribution in [0.3, 0.4) is 0 Å². The maximum Gasteiger partial charge on any atom is 0.295 e. The zero-order valence-corrected chi connectivity index (χ0v) is 9.25. The molecule has 0 amide bonds. The van der Waals surface area contributed by atoms with Crippen LogP contribution >= 0.6 is 0 Å². The molecule has 0 unspecified atom stereocenters. The fraction of sp³-hybridized carbons (Fsp3) is 0.364. The van der Waals surface area contributed by atoms with Crippen molar-refractivity contribution < 1.29 is 8.81 Å². The van der Waals surface area contributed by atoms with Crippen molar-refractivity contribution in [1.82, 2.24) is 4.98 Å². The molecule has 1 aromatic carbocycles. The van der Waals surface area contributed by atoms with Crippen molar-refractivity contribution in [3.63, 3.8) is 0 Å². The Balaban J connectivity index is 2.24. The van der Waals surface area contributed by atoms with Gasteiger partial charge in [-0.1, -0.05) is 6.07 Å². The average molecular weight is 223 g/mol. The quantitative estimate of drug-likeness (QED) is 0.836. The highest BCUT2D eigenvalue weighted by atomic mass is 19.1. The first-order valence-corrected chi connectivity index (χ1v) is 5.03. The fourth-order valence-electron chi connectivity index (χ4n) is 1.29. The Kier molecular flexibility index (Phi) is 2.55. The van der Waals surface area contributed by atoms with Crippen molar-refractivity contribution in [2.45, 2.75) is 19.4 Å². The molecule has 16 heavy (non-hydrogen) atoms. The number of nitrogens with zero attached hydrogens (tertiary/aromatic N) is 1. The molecule has 0 aliphatic rings. The van der Waals surface area contributed by atoms with E-state index >= 15 is 0 Å². The lowest BCUT2D eigenvalue weighted by molar-refractivity contribution is 0.530.